The summed E-state index contributed by atoms with van der Waals surface area (Å²) in [5.41, 5.74) is 1.23. The number of hydrogen-bond acceptors (Lipinski definition) is 4. The number of carboxylic acids is 1. The first-order chi connectivity index (χ1) is 8.50. The van der Waals surface area contributed by atoms with Crippen LogP contribution in [-0.4, -0.2) is 27.9 Å². The number of aromatic carboxylic acids is 1. The first kappa shape index (κ1) is 15.3. The topological polar surface area (TPSA) is 104 Å². The summed E-state index contributed by atoms with van der Waals surface area (Å²) < 4.78 is 37.9. The molecule has 0 bridgehead atoms. The Hall–Kier alpha value is -1.80. The molecule has 8 heteroatoms. The first-order valence-electron chi connectivity index (χ1n) is 5.08. The van der Waals surface area contributed by atoms with Gasteiger partial charge in [0, 0.05) is 5.56 Å². The molecule has 106 valence electrons. The van der Waals surface area contributed by atoms with Crippen LogP contribution in [0.1, 0.15) is 28.4 Å². The van der Waals surface area contributed by atoms with Crippen molar-refractivity contribution in [3.8, 4) is 5.75 Å². The number of alkyl halides is 3. The van der Waals surface area contributed by atoms with Gasteiger partial charge in [-0.1, -0.05) is 0 Å². The summed E-state index contributed by atoms with van der Waals surface area (Å²) in [7, 11) is 0. The van der Waals surface area contributed by atoms with Gasteiger partial charge in [-0.3, -0.25) is 0 Å². The number of aliphatic hydroxyl groups excluding tert-OH is 1. The maximum atomic E-state index is 12.6. The van der Waals surface area contributed by atoms with Crippen molar-refractivity contribution < 1.29 is 33.3 Å². The summed E-state index contributed by atoms with van der Waals surface area (Å²) in [5.74, 6) is -2.63. The molecule has 0 radical (unpaired) electrons. The molecule has 0 saturated heterocycles. The van der Waals surface area contributed by atoms with E-state index in [1.165, 1.54) is 6.92 Å². The fraction of sp³-hybridized carbons (Fsp3) is 0.364. The van der Waals surface area contributed by atoms with E-state index in [1.54, 1.807) is 0 Å². The van der Waals surface area contributed by atoms with E-state index in [9.17, 15) is 23.1 Å². The Morgan fingerprint density at radius 1 is 1.32 bits per heavy atom. The molecule has 0 aliphatic carbocycles. The Morgan fingerprint density at radius 2 is 1.84 bits per heavy atom. The Bertz CT molecular complexity index is 511. The highest BCUT2D eigenvalue weighted by atomic mass is 19.4. The summed E-state index contributed by atoms with van der Waals surface area (Å²) >= 11 is 0. The lowest BCUT2D eigenvalue weighted by molar-refractivity contribution is -0.138. The van der Waals surface area contributed by atoms with Gasteiger partial charge in [0.2, 0.25) is 0 Å². The Morgan fingerprint density at radius 3 is 2.21 bits per heavy atom. The minimum atomic E-state index is -4.92. The van der Waals surface area contributed by atoms with E-state index in [0.29, 0.717) is 12.1 Å². The van der Waals surface area contributed by atoms with Crippen LogP contribution in [-0.2, 0) is 11.7 Å². The molecule has 5 nitrogen and oxygen atoms in total. The van der Waals surface area contributed by atoms with Gasteiger partial charge in [0.25, 0.3) is 0 Å². The number of phenols is 1. The number of phenolic OH excluding ortho intramolecular Hbond substituents is 1. The number of aliphatic hydroxyl groups is 1. The van der Waals surface area contributed by atoms with E-state index in [-0.39, 0.29) is 5.56 Å². The molecule has 1 aromatic carbocycles. The van der Waals surface area contributed by atoms with Crippen molar-refractivity contribution in [2.75, 3.05) is 6.61 Å². The van der Waals surface area contributed by atoms with Gasteiger partial charge in [-0.25, -0.2) is 4.79 Å². The second kappa shape index (κ2) is 4.71. The number of carboxylic acid groups (broad SMARTS) is 1. The quantitative estimate of drug-likeness (QED) is 0.667. The van der Waals surface area contributed by atoms with Crippen molar-refractivity contribution in [1.82, 2.24) is 0 Å². The summed E-state index contributed by atoms with van der Waals surface area (Å²) in [4.78, 5) is 10.9. The molecule has 1 aromatic rings. The predicted octanol–water partition coefficient (Wildman–Crippen LogP) is 1.28. The Balaban J connectivity index is 3.59. The van der Waals surface area contributed by atoms with Crippen LogP contribution in [0.5, 0.6) is 5.75 Å². The molecular weight excluding hydrogens is 267 g/mol. The van der Waals surface area contributed by atoms with Crippen LogP contribution in [0, 0.1) is 0 Å². The second-order valence-corrected chi connectivity index (χ2v) is 4.29. The van der Waals surface area contributed by atoms with Gasteiger partial charge in [0.15, 0.2) is 0 Å². The van der Waals surface area contributed by atoms with Crippen molar-refractivity contribution in [1.29, 1.82) is 0 Å². The molecule has 0 fully saturated rings. The lowest BCUT2D eigenvalue weighted by Crippen LogP contribution is -2.37. The molecule has 0 heterocycles. The highest BCUT2D eigenvalue weighted by molar-refractivity contribution is 5.90. The largest absolute Gasteiger partial charge is 0.508 e. The molecule has 0 aliphatic rings. The Kier molecular flexibility index (Phi) is 3.78. The fourth-order valence-corrected chi connectivity index (χ4v) is 1.54. The third-order valence-corrected chi connectivity index (χ3v) is 2.62. The standard InChI is InChI=1S/C11H12F3NO4/c1-10(15,4-16)7-2-5(9(18)19)6(3-8(7)17)11(12,13)14/h2-3,16-17H,4,15H2,1H3,(H,18,19)/t10-/m0/s1. The molecular formula is C11H12F3NO4. The maximum absolute atomic E-state index is 12.6. The second-order valence-electron chi connectivity index (χ2n) is 4.29. The van der Waals surface area contributed by atoms with Gasteiger partial charge in [0.1, 0.15) is 5.75 Å². The predicted molar refractivity (Wildman–Crippen MR) is 58.7 cm³/mol. The number of nitrogens with two attached hydrogens (primary N) is 1. The van der Waals surface area contributed by atoms with Crippen LogP contribution in [0.25, 0.3) is 0 Å². The zero-order valence-corrected chi connectivity index (χ0v) is 9.82. The minimum Gasteiger partial charge on any atom is -0.508 e. The van der Waals surface area contributed by atoms with Gasteiger partial charge in [0.05, 0.1) is 23.3 Å². The van der Waals surface area contributed by atoms with Crippen LogP contribution in [0.2, 0.25) is 0 Å². The van der Waals surface area contributed by atoms with E-state index >= 15 is 0 Å². The molecule has 0 saturated carbocycles. The third kappa shape index (κ3) is 2.96. The van der Waals surface area contributed by atoms with Gasteiger partial charge in [-0.2, -0.15) is 13.2 Å². The number of benzene rings is 1. The molecule has 1 rings (SSSR count). The van der Waals surface area contributed by atoms with Crippen molar-refractivity contribution in [2.45, 2.75) is 18.6 Å². The fourth-order valence-electron chi connectivity index (χ4n) is 1.54. The van der Waals surface area contributed by atoms with Crippen LogP contribution < -0.4 is 5.73 Å². The van der Waals surface area contributed by atoms with Crippen LogP contribution in [0.4, 0.5) is 13.2 Å². The van der Waals surface area contributed by atoms with Crippen molar-refractivity contribution in [3.63, 3.8) is 0 Å². The van der Waals surface area contributed by atoms with E-state index in [2.05, 4.69) is 0 Å². The zero-order valence-electron chi connectivity index (χ0n) is 9.82. The summed E-state index contributed by atoms with van der Waals surface area (Å²) in [6.07, 6.45) is -4.92. The van der Waals surface area contributed by atoms with E-state index in [4.69, 9.17) is 15.9 Å². The summed E-state index contributed by atoms with van der Waals surface area (Å²) in [6, 6.07) is 0.913. The number of rotatable bonds is 3. The number of aromatic hydroxyl groups is 1. The third-order valence-electron chi connectivity index (χ3n) is 2.62. The number of hydrogen-bond donors (Lipinski definition) is 4. The molecule has 0 spiro atoms. The Labute approximate surface area is 106 Å². The highest BCUT2D eigenvalue weighted by Gasteiger charge is 2.38. The molecule has 5 N–H and O–H groups in total. The van der Waals surface area contributed by atoms with E-state index in [0.717, 1.165) is 0 Å². The average Bonchev–Trinajstić information content (AvgIpc) is 2.26. The molecule has 1 atom stereocenters. The lowest BCUT2D eigenvalue weighted by Gasteiger charge is -2.24. The zero-order chi connectivity index (χ0) is 15.0. The normalized spacial score (nSPS) is 15.1. The minimum absolute atomic E-state index is 0.277. The summed E-state index contributed by atoms with van der Waals surface area (Å²) in [6.45, 7) is 0.575. The van der Waals surface area contributed by atoms with Crippen LogP contribution in [0.15, 0.2) is 12.1 Å². The molecule has 0 aliphatic heterocycles. The van der Waals surface area contributed by atoms with Crippen molar-refractivity contribution >= 4 is 5.97 Å². The van der Waals surface area contributed by atoms with Gasteiger partial charge < -0.3 is 21.1 Å². The monoisotopic (exact) mass is 279 g/mol. The van der Waals surface area contributed by atoms with Crippen LogP contribution in [0.3, 0.4) is 0 Å². The number of halogens is 3. The maximum Gasteiger partial charge on any atom is 0.417 e. The first-order valence-corrected chi connectivity index (χ1v) is 5.08. The van der Waals surface area contributed by atoms with Gasteiger partial charge >= 0.3 is 12.1 Å². The van der Waals surface area contributed by atoms with Crippen molar-refractivity contribution in [3.05, 3.63) is 28.8 Å². The SMILES string of the molecule is C[C@](N)(CO)c1cc(C(=O)O)c(C(F)(F)F)cc1O. The van der Waals surface area contributed by atoms with E-state index in [1.807, 2.05) is 0 Å². The lowest BCUT2D eigenvalue weighted by atomic mass is 9.89. The smallest absolute Gasteiger partial charge is 0.417 e. The molecule has 0 unspecified atom stereocenters. The summed E-state index contributed by atoms with van der Waals surface area (Å²) in [5, 5.41) is 27.4. The molecule has 0 aromatic heterocycles. The molecule has 0 amide bonds. The highest BCUT2D eigenvalue weighted by Crippen LogP contribution is 2.38. The van der Waals surface area contributed by atoms with Gasteiger partial charge in [-0.15, -0.1) is 0 Å². The van der Waals surface area contributed by atoms with Crippen LogP contribution >= 0.6 is 0 Å². The number of carbonyl (C=O) groups is 1. The average molecular weight is 279 g/mol. The van der Waals surface area contributed by atoms with Gasteiger partial charge in [-0.05, 0) is 19.1 Å². The van der Waals surface area contributed by atoms with Crippen molar-refractivity contribution in [2.24, 2.45) is 5.73 Å². The molecule has 19 heavy (non-hydrogen) atoms. The van der Waals surface area contributed by atoms with E-state index < -0.39 is 41.2 Å².